The highest BCUT2D eigenvalue weighted by atomic mass is 79.9. The minimum Gasteiger partial charge on any atom is -0.383 e. The summed E-state index contributed by atoms with van der Waals surface area (Å²) in [5.41, 5.74) is 1.32. The fourth-order valence-electron chi connectivity index (χ4n) is 2.53. The molecule has 0 N–H and O–H groups in total. The zero-order chi connectivity index (χ0) is 12.0. The van der Waals surface area contributed by atoms with Gasteiger partial charge in [0.15, 0.2) is 5.82 Å². The predicted molar refractivity (Wildman–Crippen MR) is 66.6 cm³/mol. The van der Waals surface area contributed by atoms with Crippen molar-refractivity contribution in [1.29, 1.82) is 0 Å². The van der Waals surface area contributed by atoms with E-state index in [0.29, 0.717) is 12.1 Å². The van der Waals surface area contributed by atoms with Gasteiger partial charge in [0, 0.05) is 18.0 Å². The van der Waals surface area contributed by atoms with Crippen molar-refractivity contribution in [3.63, 3.8) is 0 Å². The Balaban J connectivity index is 2.22. The number of hydrogen-bond donors (Lipinski definition) is 0. The Labute approximate surface area is 107 Å². The number of rotatable bonds is 2. The van der Waals surface area contributed by atoms with Gasteiger partial charge in [0.25, 0.3) is 0 Å². The van der Waals surface area contributed by atoms with Gasteiger partial charge in [-0.2, -0.15) is 0 Å². The van der Waals surface area contributed by atoms with Gasteiger partial charge in [-0.05, 0) is 18.6 Å². The SMILES string of the molecule is COC[C@@H]1CCc2nc3c(F)cc(Br)cc3n21. The molecule has 0 aliphatic carbocycles. The maximum absolute atomic E-state index is 13.8. The van der Waals surface area contributed by atoms with Gasteiger partial charge in [0.2, 0.25) is 0 Å². The van der Waals surface area contributed by atoms with E-state index in [2.05, 4.69) is 25.5 Å². The number of aryl methyl sites for hydroxylation is 1. The maximum atomic E-state index is 13.8. The van der Waals surface area contributed by atoms with Gasteiger partial charge in [-0.25, -0.2) is 9.37 Å². The monoisotopic (exact) mass is 298 g/mol. The molecule has 3 rings (SSSR count). The summed E-state index contributed by atoms with van der Waals surface area (Å²) < 4.78 is 21.8. The average molecular weight is 299 g/mol. The molecule has 1 atom stereocenters. The van der Waals surface area contributed by atoms with Crippen LogP contribution in [0.2, 0.25) is 0 Å². The number of imidazole rings is 1. The van der Waals surface area contributed by atoms with Crippen LogP contribution in [0.15, 0.2) is 16.6 Å². The number of ether oxygens (including phenoxy) is 1. The van der Waals surface area contributed by atoms with Crippen LogP contribution in [0.25, 0.3) is 11.0 Å². The third-order valence-electron chi connectivity index (χ3n) is 3.21. The first-order valence-corrected chi connectivity index (χ1v) is 6.35. The van der Waals surface area contributed by atoms with Crippen molar-refractivity contribution in [1.82, 2.24) is 9.55 Å². The highest BCUT2D eigenvalue weighted by Crippen LogP contribution is 2.33. The van der Waals surface area contributed by atoms with E-state index in [4.69, 9.17) is 4.74 Å². The molecule has 17 heavy (non-hydrogen) atoms. The Morgan fingerprint density at radius 2 is 2.41 bits per heavy atom. The Hall–Kier alpha value is -0.940. The van der Waals surface area contributed by atoms with E-state index >= 15 is 0 Å². The summed E-state index contributed by atoms with van der Waals surface area (Å²) in [7, 11) is 1.69. The van der Waals surface area contributed by atoms with Crippen molar-refractivity contribution in [2.45, 2.75) is 18.9 Å². The van der Waals surface area contributed by atoms with Crippen molar-refractivity contribution in [3.8, 4) is 0 Å². The van der Waals surface area contributed by atoms with Gasteiger partial charge in [-0.3, -0.25) is 0 Å². The van der Waals surface area contributed by atoms with Gasteiger partial charge in [-0.1, -0.05) is 15.9 Å². The summed E-state index contributed by atoms with van der Waals surface area (Å²) in [6, 6.07) is 3.65. The predicted octanol–water partition coefficient (Wildman–Crippen LogP) is 3.07. The van der Waals surface area contributed by atoms with E-state index < -0.39 is 0 Å². The Morgan fingerprint density at radius 1 is 1.59 bits per heavy atom. The van der Waals surface area contributed by atoms with Crippen molar-refractivity contribution >= 4 is 27.0 Å². The Bertz CT molecular complexity index is 581. The molecule has 1 aromatic heterocycles. The van der Waals surface area contributed by atoms with Crippen LogP contribution in [0.4, 0.5) is 4.39 Å². The first-order chi connectivity index (χ1) is 8.20. The molecule has 0 amide bonds. The third kappa shape index (κ3) is 1.68. The summed E-state index contributed by atoms with van der Waals surface area (Å²) in [5, 5.41) is 0. The number of fused-ring (bicyclic) bond motifs is 3. The zero-order valence-electron chi connectivity index (χ0n) is 9.41. The van der Waals surface area contributed by atoms with Gasteiger partial charge in [0.05, 0.1) is 18.2 Å². The van der Waals surface area contributed by atoms with Gasteiger partial charge in [0.1, 0.15) is 11.3 Å². The van der Waals surface area contributed by atoms with Crippen LogP contribution in [-0.2, 0) is 11.2 Å². The number of benzene rings is 1. The molecular formula is C12H12BrFN2O. The van der Waals surface area contributed by atoms with Gasteiger partial charge in [-0.15, -0.1) is 0 Å². The second kappa shape index (κ2) is 4.07. The van der Waals surface area contributed by atoms with E-state index in [1.807, 2.05) is 6.07 Å². The lowest BCUT2D eigenvalue weighted by Gasteiger charge is -2.13. The van der Waals surface area contributed by atoms with E-state index in [9.17, 15) is 4.39 Å². The molecule has 2 aromatic rings. The largest absolute Gasteiger partial charge is 0.383 e. The Morgan fingerprint density at radius 3 is 3.18 bits per heavy atom. The van der Waals surface area contributed by atoms with Crippen molar-refractivity contribution < 1.29 is 9.13 Å². The summed E-state index contributed by atoms with van der Waals surface area (Å²) in [5.74, 6) is 0.687. The second-order valence-electron chi connectivity index (χ2n) is 4.30. The van der Waals surface area contributed by atoms with Crippen molar-refractivity contribution in [2.24, 2.45) is 0 Å². The molecule has 0 radical (unpaired) electrons. The molecule has 5 heteroatoms. The first-order valence-electron chi connectivity index (χ1n) is 5.55. The number of hydrogen-bond acceptors (Lipinski definition) is 2. The van der Waals surface area contributed by atoms with E-state index in [1.165, 1.54) is 6.07 Å². The molecule has 1 aliphatic heterocycles. The highest BCUT2D eigenvalue weighted by Gasteiger charge is 2.26. The van der Waals surface area contributed by atoms with Crippen LogP contribution in [0.3, 0.4) is 0 Å². The standard InChI is InChI=1S/C12H12BrFN2O/c1-17-6-8-2-3-11-15-12-9(14)4-7(13)5-10(12)16(8)11/h4-5,8H,2-3,6H2,1H3/t8-/m0/s1. The van der Waals surface area contributed by atoms with Gasteiger partial charge < -0.3 is 9.30 Å². The van der Waals surface area contributed by atoms with Crippen LogP contribution < -0.4 is 0 Å². The summed E-state index contributed by atoms with van der Waals surface area (Å²) in [6.07, 6.45) is 1.90. The topological polar surface area (TPSA) is 27.1 Å². The maximum Gasteiger partial charge on any atom is 0.152 e. The fraction of sp³-hybridized carbons (Fsp3) is 0.417. The molecule has 0 bridgehead atoms. The molecule has 0 saturated carbocycles. The minimum absolute atomic E-state index is 0.271. The lowest BCUT2D eigenvalue weighted by atomic mass is 10.2. The van der Waals surface area contributed by atoms with Crippen molar-refractivity contribution in [2.75, 3.05) is 13.7 Å². The van der Waals surface area contributed by atoms with Gasteiger partial charge >= 0.3 is 0 Å². The molecule has 90 valence electrons. The quantitative estimate of drug-likeness (QED) is 0.852. The molecular weight excluding hydrogens is 287 g/mol. The number of methoxy groups -OCH3 is 1. The zero-order valence-corrected chi connectivity index (χ0v) is 11.0. The van der Waals surface area contributed by atoms with Crippen LogP contribution >= 0.6 is 15.9 Å². The average Bonchev–Trinajstić information content (AvgIpc) is 2.80. The molecule has 1 aromatic carbocycles. The third-order valence-corrected chi connectivity index (χ3v) is 3.67. The first kappa shape index (κ1) is 11.2. The van der Waals surface area contributed by atoms with Crippen LogP contribution in [0, 0.1) is 5.82 Å². The van der Waals surface area contributed by atoms with E-state index in [0.717, 1.165) is 28.7 Å². The normalized spacial score (nSPS) is 18.9. The molecule has 0 fully saturated rings. The number of nitrogens with zero attached hydrogens (tertiary/aromatic N) is 2. The van der Waals surface area contributed by atoms with E-state index in [1.54, 1.807) is 7.11 Å². The fourth-order valence-corrected chi connectivity index (χ4v) is 2.95. The lowest BCUT2D eigenvalue weighted by molar-refractivity contribution is 0.160. The molecule has 3 nitrogen and oxygen atoms in total. The molecule has 2 heterocycles. The smallest absolute Gasteiger partial charge is 0.152 e. The van der Waals surface area contributed by atoms with Crippen LogP contribution in [0.5, 0.6) is 0 Å². The minimum atomic E-state index is -0.271. The van der Waals surface area contributed by atoms with Crippen LogP contribution in [-0.4, -0.2) is 23.3 Å². The lowest BCUT2D eigenvalue weighted by Crippen LogP contribution is -2.09. The summed E-state index contributed by atoms with van der Waals surface area (Å²) in [4.78, 5) is 4.38. The number of halogens is 2. The molecule has 1 aliphatic rings. The summed E-state index contributed by atoms with van der Waals surface area (Å²) in [6.45, 7) is 0.645. The second-order valence-corrected chi connectivity index (χ2v) is 5.22. The molecule has 0 unspecified atom stereocenters. The number of aromatic nitrogens is 2. The molecule has 0 spiro atoms. The Kier molecular flexibility index (Phi) is 2.67. The van der Waals surface area contributed by atoms with Crippen LogP contribution in [0.1, 0.15) is 18.3 Å². The van der Waals surface area contributed by atoms with E-state index in [-0.39, 0.29) is 11.9 Å². The highest BCUT2D eigenvalue weighted by molar-refractivity contribution is 9.10. The molecule has 0 saturated heterocycles. The van der Waals surface area contributed by atoms with Crippen molar-refractivity contribution in [3.05, 3.63) is 28.2 Å². The summed E-state index contributed by atoms with van der Waals surface area (Å²) >= 11 is 3.32.